The average Bonchev–Trinajstić information content (AvgIpc) is 3.37. The molecule has 2 amide bonds. The van der Waals surface area contributed by atoms with Crippen molar-refractivity contribution >= 4 is 29.2 Å². The van der Waals surface area contributed by atoms with Crippen LogP contribution >= 0.6 is 0 Å². The molecule has 2 aromatic rings. The summed E-state index contributed by atoms with van der Waals surface area (Å²) in [5.74, 6) is -4.48. The van der Waals surface area contributed by atoms with Gasteiger partial charge in [-0.1, -0.05) is 45.4 Å². The molecule has 2 aromatic carbocycles. The highest BCUT2D eigenvalue weighted by molar-refractivity contribution is 6.24. The number of benzene rings is 2. The number of carboxylic acid groups (broad SMARTS) is 1. The van der Waals surface area contributed by atoms with E-state index < -0.39 is 52.0 Å². The van der Waals surface area contributed by atoms with Crippen molar-refractivity contribution in [1.82, 2.24) is 5.32 Å². The molecule has 2 aliphatic heterocycles. The summed E-state index contributed by atoms with van der Waals surface area (Å²) in [4.78, 5) is 52.0. The van der Waals surface area contributed by atoms with Crippen LogP contribution in [0.1, 0.15) is 45.2 Å². The molecule has 10 nitrogen and oxygen atoms in total. The van der Waals surface area contributed by atoms with Gasteiger partial charge in [-0.25, -0.2) is 4.90 Å². The minimum absolute atomic E-state index is 0.0547. The van der Waals surface area contributed by atoms with Crippen LogP contribution in [0, 0.1) is 27.9 Å². The van der Waals surface area contributed by atoms with Crippen LogP contribution in [-0.2, 0) is 14.4 Å². The van der Waals surface area contributed by atoms with E-state index in [4.69, 9.17) is 4.74 Å². The first kappa shape index (κ1) is 25.3. The summed E-state index contributed by atoms with van der Waals surface area (Å²) in [5, 5.41) is 24.9. The molecule has 0 radical (unpaired) electrons. The Morgan fingerprint density at radius 2 is 1.89 bits per heavy atom. The molecule has 0 aliphatic carbocycles. The number of imide groups is 1. The summed E-state index contributed by atoms with van der Waals surface area (Å²) in [6.07, 6.45) is 1.30. The number of carboxylic acids is 1. The first-order chi connectivity index (χ1) is 17.2. The summed E-state index contributed by atoms with van der Waals surface area (Å²) in [7, 11) is 0. The Kier molecular flexibility index (Phi) is 6.81. The molecule has 2 N–H and O–H groups in total. The number of carbonyl (C=O) groups excluding carboxylic acids is 2. The number of nitrogens with zero attached hydrogens (tertiary/aromatic N) is 2. The lowest BCUT2D eigenvalue weighted by Crippen LogP contribution is -2.59. The Labute approximate surface area is 208 Å². The lowest BCUT2D eigenvalue weighted by Gasteiger charge is -2.36. The van der Waals surface area contributed by atoms with Gasteiger partial charge < -0.3 is 9.84 Å². The number of nitrogens with one attached hydrogen (secondary N) is 1. The van der Waals surface area contributed by atoms with Crippen molar-refractivity contribution in [3.8, 4) is 5.75 Å². The summed E-state index contributed by atoms with van der Waals surface area (Å²) < 4.78 is 5.64. The highest BCUT2D eigenvalue weighted by Crippen LogP contribution is 2.53. The molecule has 0 bridgehead atoms. The molecule has 36 heavy (non-hydrogen) atoms. The van der Waals surface area contributed by atoms with E-state index in [0.717, 1.165) is 17.4 Å². The van der Waals surface area contributed by atoms with Gasteiger partial charge >= 0.3 is 5.97 Å². The lowest BCUT2D eigenvalue weighted by atomic mass is 9.72. The van der Waals surface area contributed by atoms with Crippen LogP contribution in [0.3, 0.4) is 0 Å². The normalized spacial score (nSPS) is 26.1. The Hall–Kier alpha value is -3.79. The summed E-state index contributed by atoms with van der Waals surface area (Å²) in [6, 6.07) is 11.6. The molecular weight excluding hydrogens is 466 g/mol. The van der Waals surface area contributed by atoms with Gasteiger partial charge in [0.15, 0.2) is 0 Å². The molecular formula is C26H29N3O7. The van der Waals surface area contributed by atoms with Gasteiger partial charge in [-0.3, -0.25) is 29.8 Å². The van der Waals surface area contributed by atoms with Gasteiger partial charge in [-0.15, -0.1) is 0 Å². The van der Waals surface area contributed by atoms with Gasteiger partial charge in [0, 0.05) is 18.2 Å². The third kappa shape index (κ3) is 3.91. The molecule has 0 saturated carbocycles. The van der Waals surface area contributed by atoms with Crippen LogP contribution in [0.4, 0.5) is 11.4 Å². The number of carbonyl (C=O) groups is 3. The number of non-ortho nitro benzene ring substituents is 1. The molecule has 0 aromatic heterocycles. The zero-order valence-corrected chi connectivity index (χ0v) is 20.3. The fourth-order valence-electron chi connectivity index (χ4n) is 5.40. The predicted molar refractivity (Wildman–Crippen MR) is 130 cm³/mol. The molecule has 2 saturated heterocycles. The molecule has 2 aliphatic rings. The Morgan fingerprint density at radius 3 is 2.47 bits per heavy atom. The maximum absolute atomic E-state index is 13.8. The van der Waals surface area contributed by atoms with Gasteiger partial charge in [0.1, 0.15) is 11.3 Å². The summed E-state index contributed by atoms with van der Waals surface area (Å²) in [6.45, 7) is 6.12. The van der Waals surface area contributed by atoms with Gasteiger partial charge in [-0.05, 0) is 36.1 Å². The van der Waals surface area contributed by atoms with Gasteiger partial charge in [0.2, 0.25) is 11.8 Å². The number of hydrogen-bond donors (Lipinski definition) is 2. The smallest absolute Gasteiger partial charge is 0.325 e. The molecule has 0 spiro atoms. The molecule has 2 heterocycles. The van der Waals surface area contributed by atoms with E-state index in [1.807, 2.05) is 13.8 Å². The molecule has 2 fully saturated rings. The maximum atomic E-state index is 13.8. The van der Waals surface area contributed by atoms with Gasteiger partial charge in [0.25, 0.3) is 5.69 Å². The van der Waals surface area contributed by atoms with Crippen molar-refractivity contribution in [1.29, 1.82) is 0 Å². The number of aliphatic carboxylic acids is 1. The quantitative estimate of drug-likeness (QED) is 0.305. The Morgan fingerprint density at radius 1 is 1.19 bits per heavy atom. The number of hydrogen-bond acceptors (Lipinski definition) is 7. The van der Waals surface area contributed by atoms with E-state index in [1.165, 1.54) is 18.2 Å². The van der Waals surface area contributed by atoms with Crippen LogP contribution < -0.4 is 15.0 Å². The van der Waals surface area contributed by atoms with Crippen LogP contribution in [0.25, 0.3) is 0 Å². The number of nitro groups is 1. The van der Waals surface area contributed by atoms with Crippen LogP contribution in [0.2, 0.25) is 0 Å². The molecule has 5 atom stereocenters. The summed E-state index contributed by atoms with van der Waals surface area (Å²) >= 11 is 0. The van der Waals surface area contributed by atoms with E-state index in [9.17, 15) is 29.6 Å². The second-order valence-corrected chi connectivity index (χ2v) is 9.32. The molecule has 10 heteroatoms. The standard InChI is InChI=1S/C26H29N3O7/c1-4-13-36-19-11-9-16(10-12-19)22-20-21(26(27-22,25(32)33)15(3)5-2)24(31)28(23(20)30)17-7-6-8-18(14-17)29(34)35/h6-12,14-15,20-22,27H,4-5,13H2,1-3H3,(H,32,33). The second-order valence-electron chi connectivity index (χ2n) is 9.32. The van der Waals surface area contributed by atoms with E-state index >= 15 is 0 Å². The highest BCUT2D eigenvalue weighted by atomic mass is 16.6. The fourth-order valence-corrected chi connectivity index (χ4v) is 5.40. The van der Waals surface area contributed by atoms with Crippen molar-refractivity contribution in [2.24, 2.45) is 17.8 Å². The molecule has 4 rings (SSSR count). The third-order valence-corrected chi connectivity index (χ3v) is 7.35. The van der Waals surface area contributed by atoms with Crippen LogP contribution in [0.15, 0.2) is 48.5 Å². The second kappa shape index (κ2) is 9.69. The zero-order valence-electron chi connectivity index (χ0n) is 20.3. The topological polar surface area (TPSA) is 139 Å². The number of anilines is 1. The third-order valence-electron chi connectivity index (χ3n) is 7.35. The lowest BCUT2D eigenvalue weighted by molar-refractivity contribution is -0.384. The van der Waals surface area contributed by atoms with E-state index in [1.54, 1.807) is 31.2 Å². The molecule has 5 unspecified atom stereocenters. The molecule has 190 valence electrons. The highest BCUT2D eigenvalue weighted by Gasteiger charge is 2.70. The Bertz CT molecular complexity index is 1200. The number of fused-ring (bicyclic) bond motifs is 1. The first-order valence-electron chi connectivity index (χ1n) is 12.0. The van der Waals surface area contributed by atoms with Crippen molar-refractivity contribution < 1.29 is 29.2 Å². The minimum atomic E-state index is -1.69. The maximum Gasteiger partial charge on any atom is 0.325 e. The van der Waals surface area contributed by atoms with E-state index in [-0.39, 0.29) is 11.4 Å². The fraction of sp³-hybridized carbons (Fsp3) is 0.423. The number of ether oxygens (including phenoxy) is 1. The average molecular weight is 496 g/mol. The van der Waals surface area contributed by atoms with Crippen LogP contribution in [0.5, 0.6) is 5.75 Å². The monoisotopic (exact) mass is 495 g/mol. The zero-order chi connectivity index (χ0) is 26.2. The van der Waals surface area contributed by atoms with E-state index in [2.05, 4.69) is 5.32 Å². The number of nitro benzene ring substituents is 1. The van der Waals surface area contributed by atoms with Crippen molar-refractivity contribution in [3.05, 3.63) is 64.2 Å². The van der Waals surface area contributed by atoms with Crippen molar-refractivity contribution in [2.75, 3.05) is 11.5 Å². The predicted octanol–water partition coefficient (Wildman–Crippen LogP) is 3.70. The Balaban J connectivity index is 1.82. The minimum Gasteiger partial charge on any atom is -0.494 e. The van der Waals surface area contributed by atoms with E-state index in [0.29, 0.717) is 24.3 Å². The number of rotatable bonds is 9. The first-order valence-corrected chi connectivity index (χ1v) is 12.0. The SMILES string of the molecule is CCCOc1ccc(C2NC(C(=O)O)(C(C)CC)C3C(=O)N(c4cccc([N+](=O)[O-])c4)C(=O)C23)cc1. The largest absolute Gasteiger partial charge is 0.494 e. The van der Waals surface area contributed by atoms with Crippen molar-refractivity contribution in [2.45, 2.75) is 45.2 Å². The van der Waals surface area contributed by atoms with Crippen LogP contribution in [-0.4, -0.2) is 40.0 Å². The number of amides is 2. The van der Waals surface area contributed by atoms with Gasteiger partial charge in [-0.2, -0.15) is 0 Å². The van der Waals surface area contributed by atoms with Gasteiger partial charge in [0.05, 0.1) is 29.1 Å². The summed E-state index contributed by atoms with van der Waals surface area (Å²) in [5.41, 5.74) is -1.25. The van der Waals surface area contributed by atoms with Crippen molar-refractivity contribution in [3.63, 3.8) is 0 Å².